The highest BCUT2D eigenvalue weighted by atomic mass is 35.5. The maximum atomic E-state index is 12.5. The fraction of sp³-hybridized carbons (Fsp3) is 0.300. The van der Waals surface area contributed by atoms with Crippen LogP contribution in [0.1, 0.15) is 6.92 Å². The number of anilines is 2. The van der Waals surface area contributed by atoms with Gasteiger partial charge in [-0.15, -0.1) is 0 Å². The van der Waals surface area contributed by atoms with Crippen LogP contribution in [0.25, 0.3) is 0 Å². The Bertz CT molecular complexity index is 857. The fourth-order valence-corrected chi connectivity index (χ4v) is 2.87. The first-order valence-corrected chi connectivity index (χ1v) is 9.38. The molecule has 148 valence electrons. The predicted molar refractivity (Wildman–Crippen MR) is 107 cm³/mol. The highest BCUT2D eigenvalue weighted by Gasteiger charge is 2.24. The van der Waals surface area contributed by atoms with Crippen LogP contribution >= 0.6 is 11.6 Å². The van der Waals surface area contributed by atoms with Crippen molar-refractivity contribution in [3.8, 4) is 11.5 Å². The summed E-state index contributed by atoms with van der Waals surface area (Å²) in [6.07, 6.45) is 0. The van der Waals surface area contributed by atoms with E-state index in [0.717, 1.165) is 4.90 Å². The third kappa shape index (κ3) is 5.15. The van der Waals surface area contributed by atoms with Crippen LogP contribution in [0.3, 0.4) is 0 Å². The number of halogens is 1. The summed E-state index contributed by atoms with van der Waals surface area (Å²) in [7, 11) is 1.80. The number of hydrogen-bond acceptors (Lipinski definition) is 4. The van der Waals surface area contributed by atoms with Crippen molar-refractivity contribution >= 4 is 34.8 Å². The minimum Gasteiger partial charge on any atom is -0.486 e. The third-order valence-electron chi connectivity index (χ3n) is 4.51. The Balaban J connectivity index is 1.53. The number of quaternary nitrogens is 1. The molecule has 8 heteroatoms. The van der Waals surface area contributed by atoms with Gasteiger partial charge in [-0.2, -0.15) is 0 Å². The lowest BCUT2D eigenvalue weighted by molar-refractivity contribution is -0.885. The van der Waals surface area contributed by atoms with Gasteiger partial charge >= 0.3 is 0 Å². The van der Waals surface area contributed by atoms with Crippen molar-refractivity contribution < 1.29 is 24.0 Å². The van der Waals surface area contributed by atoms with Gasteiger partial charge in [0.25, 0.3) is 11.8 Å². The fourth-order valence-electron chi connectivity index (χ4n) is 2.74. The second-order valence-corrected chi connectivity index (χ2v) is 7.08. The molecule has 28 heavy (non-hydrogen) atoms. The van der Waals surface area contributed by atoms with E-state index in [1.54, 1.807) is 56.4 Å². The largest absolute Gasteiger partial charge is 0.486 e. The molecule has 3 N–H and O–H groups in total. The van der Waals surface area contributed by atoms with Crippen LogP contribution in [0.2, 0.25) is 5.02 Å². The van der Waals surface area contributed by atoms with Crippen molar-refractivity contribution in [3.63, 3.8) is 0 Å². The molecule has 1 unspecified atom stereocenters. The lowest BCUT2D eigenvalue weighted by Crippen LogP contribution is -3.14. The van der Waals surface area contributed by atoms with Gasteiger partial charge in [-0.05, 0) is 43.3 Å². The summed E-state index contributed by atoms with van der Waals surface area (Å²) < 4.78 is 11.0. The van der Waals surface area contributed by atoms with Gasteiger partial charge in [-0.25, -0.2) is 0 Å². The number of ether oxygens (including phenoxy) is 2. The highest BCUT2D eigenvalue weighted by molar-refractivity contribution is 6.30. The molecule has 0 bridgehead atoms. The van der Waals surface area contributed by atoms with E-state index in [1.165, 1.54) is 0 Å². The molecular weight excluding hydrogens is 382 g/mol. The number of nitrogens with one attached hydrogen (secondary N) is 3. The molecule has 1 aliphatic rings. The zero-order valence-corrected chi connectivity index (χ0v) is 16.5. The second kappa shape index (κ2) is 8.95. The molecule has 0 spiro atoms. The van der Waals surface area contributed by atoms with Crippen molar-refractivity contribution in [2.24, 2.45) is 0 Å². The summed E-state index contributed by atoms with van der Waals surface area (Å²) in [4.78, 5) is 25.5. The number of rotatable bonds is 6. The normalized spacial score (nSPS) is 14.7. The Morgan fingerprint density at radius 1 is 1.04 bits per heavy atom. The Labute approximate surface area is 168 Å². The van der Waals surface area contributed by atoms with E-state index >= 15 is 0 Å². The van der Waals surface area contributed by atoms with Gasteiger partial charge in [-0.1, -0.05) is 11.6 Å². The van der Waals surface area contributed by atoms with Crippen molar-refractivity contribution in [3.05, 3.63) is 47.5 Å². The first-order chi connectivity index (χ1) is 13.4. The summed E-state index contributed by atoms with van der Waals surface area (Å²) in [5.41, 5.74) is 1.29. The Kier molecular flexibility index (Phi) is 6.38. The topological polar surface area (TPSA) is 81.1 Å². The first-order valence-electron chi connectivity index (χ1n) is 9.00. The molecule has 0 aromatic heterocycles. The quantitative estimate of drug-likeness (QED) is 0.683. The molecule has 3 rings (SSSR count). The van der Waals surface area contributed by atoms with Crippen LogP contribution in [-0.2, 0) is 9.59 Å². The maximum absolute atomic E-state index is 12.5. The molecule has 1 heterocycles. The minimum absolute atomic E-state index is 0.151. The SMILES string of the molecule is C[C@H](C(=O)Nc1ccc2c(c1)OCCO2)[NH+](C)CC(=O)Nc1ccc(Cl)cc1. The zero-order valence-electron chi connectivity index (χ0n) is 15.8. The van der Waals surface area contributed by atoms with Gasteiger partial charge in [-0.3, -0.25) is 9.59 Å². The van der Waals surface area contributed by atoms with Crippen LogP contribution in [0.15, 0.2) is 42.5 Å². The Morgan fingerprint density at radius 2 is 1.68 bits per heavy atom. The van der Waals surface area contributed by atoms with Gasteiger partial charge in [0.2, 0.25) is 0 Å². The van der Waals surface area contributed by atoms with Crippen LogP contribution in [-0.4, -0.2) is 44.7 Å². The number of hydrogen-bond donors (Lipinski definition) is 3. The Morgan fingerprint density at radius 3 is 2.39 bits per heavy atom. The first kappa shape index (κ1) is 20.0. The molecule has 1 aliphatic heterocycles. The lowest BCUT2D eigenvalue weighted by atomic mass is 10.2. The number of fused-ring (bicyclic) bond motifs is 1. The number of carbonyl (C=O) groups is 2. The van der Waals surface area contributed by atoms with Crippen LogP contribution in [0, 0.1) is 0 Å². The van der Waals surface area contributed by atoms with Crippen LogP contribution < -0.4 is 25.0 Å². The van der Waals surface area contributed by atoms with E-state index < -0.39 is 6.04 Å². The zero-order chi connectivity index (χ0) is 20.1. The second-order valence-electron chi connectivity index (χ2n) is 6.65. The van der Waals surface area contributed by atoms with Gasteiger partial charge < -0.3 is 25.0 Å². The van der Waals surface area contributed by atoms with Gasteiger partial charge in [0.15, 0.2) is 24.1 Å². The molecule has 0 fully saturated rings. The predicted octanol–water partition coefficient (Wildman–Crippen LogP) is 1.59. The van der Waals surface area contributed by atoms with Gasteiger partial charge in [0, 0.05) is 22.5 Å². The van der Waals surface area contributed by atoms with E-state index in [0.29, 0.717) is 41.1 Å². The molecule has 2 aromatic carbocycles. The molecule has 2 aromatic rings. The molecule has 0 saturated heterocycles. The number of benzene rings is 2. The summed E-state index contributed by atoms with van der Waals surface area (Å²) in [6.45, 7) is 2.93. The van der Waals surface area contributed by atoms with Crippen molar-refractivity contribution in [1.29, 1.82) is 0 Å². The molecule has 0 radical (unpaired) electrons. The molecule has 2 amide bonds. The number of likely N-dealkylation sites (N-methyl/N-ethyl adjacent to an activating group) is 1. The van der Waals surface area contributed by atoms with Crippen LogP contribution in [0.5, 0.6) is 11.5 Å². The van der Waals surface area contributed by atoms with E-state index in [9.17, 15) is 9.59 Å². The monoisotopic (exact) mass is 404 g/mol. The van der Waals surface area contributed by atoms with E-state index in [2.05, 4.69) is 10.6 Å². The Hall–Kier alpha value is -2.77. The molecule has 0 saturated carbocycles. The average molecular weight is 405 g/mol. The molecule has 0 aliphatic carbocycles. The number of amides is 2. The molecule has 7 nitrogen and oxygen atoms in total. The van der Waals surface area contributed by atoms with Crippen molar-refractivity contribution in [2.45, 2.75) is 13.0 Å². The van der Waals surface area contributed by atoms with E-state index in [1.807, 2.05) is 0 Å². The smallest absolute Gasteiger partial charge is 0.282 e. The van der Waals surface area contributed by atoms with Crippen LogP contribution in [0.4, 0.5) is 11.4 Å². The molecular formula is C20H23ClN3O4+. The van der Waals surface area contributed by atoms with Gasteiger partial charge in [0.05, 0.1) is 7.05 Å². The summed E-state index contributed by atoms with van der Waals surface area (Å²) >= 11 is 5.84. The van der Waals surface area contributed by atoms with Crippen molar-refractivity contribution in [2.75, 3.05) is 37.4 Å². The standard InChI is InChI=1S/C20H22ClN3O4/c1-13(24(2)12-19(25)22-15-5-3-14(21)4-6-15)20(26)23-16-7-8-17-18(11-16)28-10-9-27-17/h3-8,11,13H,9-10,12H2,1-2H3,(H,22,25)(H,23,26)/p+1/t13-/m1/s1. The molecule has 2 atom stereocenters. The average Bonchev–Trinajstić information content (AvgIpc) is 2.69. The minimum atomic E-state index is -0.427. The van der Waals surface area contributed by atoms with Crippen molar-refractivity contribution in [1.82, 2.24) is 0 Å². The highest BCUT2D eigenvalue weighted by Crippen LogP contribution is 2.32. The summed E-state index contributed by atoms with van der Waals surface area (Å²) in [5, 5.41) is 6.26. The maximum Gasteiger partial charge on any atom is 0.282 e. The summed E-state index contributed by atoms with van der Waals surface area (Å²) in [5.74, 6) is 0.908. The number of carbonyl (C=O) groups excluding carboxylic acids is 2. The summed E-state index contributed by atoms with van der Waals surface area (Å²) in [6, 6.07) is 11.7. The lowest BCUT2D eigenvalue weighted by Gasteiger charge is -2.22. The van der Waals surface area contributed by atoms with E-state index in [-0.39, 0.29) is 18.4 Å². The van der Waals surface area contributed by atoms with E-state index in [4.69, 9.17) is 21.1 Å². The van der Waals surface area contributed by atoms with Gasteiger partial charge in [0.1, 0.15) is 13.2 Å². The third-order valence-corrected chi connectivity index (χ3v) is 4.76.